The van der Waals surface area contributed by atoms with Gasteiger partial charge in [0.05, 0.1) is 31.7 Å². The number of aromatic nitrogens is 1. The summed E-state index contributed by atoms with van der Waals surface area (Å²) in [4.78, 5) is 16.3. The van der Waals surface area contributed by atoms with Gasteiger partial charge in [0.2, 0.25) is 5.91 Å². The summed E-state index contributed by atoms with van der Waals surface area (Å²) in [6.45, 7) is 0. The van der Waals surface area contributed by atoms with E-state index in [0.29, 0.717) is 40.8 Å². The molecule has 7 heteroatoms. The van der Waals surface area contributed by atoms with E-state index in [1.165, 1.54) is 19.4 Å². The summed E-state index contributed by atoms with van der Waals surface area (Å²) in [6.07, 6.45) is 1.91. The highest BCUT2D eigenvalue weighted by Crippen LogP contribution is 2.29. The number of benzene rings is 2. The first kappa shape index (κ1) is 18.4. The summed E-state index contributed by atoms with van der Waals surface area (Å²) in [7, 11) is 3.07. The highest BCUT2D eigenvalue weighted by molar-refractivity contribution is 5.92. The van der Waals surface area contributed by atoms with Crippen LogP contribution in [-0.4, -0.2) is 25.1 Å². The first-order valence-corrected chi connectivity index (χ1v) is 8.32. The number of carbonyl (C=O) groups is 1. The van der Waals surface area contributed by atoms with Crippen molar-refractivity contribution in [2.45, 2.75) is 12.8 Å². The highest BCUT2D eigenvalue weighted by Gasteiger charge is 2.13. The lowest BCUT2D eigenvalue weighted by atomic mass is 10.2. The number of hydrogen-bond acceptors (Lipinski definition) is 5. The normalized spacial score (nSPS) is 10.5. The number of anilines is 1. The fourth-order valence-electron chi connectivity index (χ4n) is 2.55. The number of methoxy groups -OCH3 is 2. The Labute approximate surface area is 155 Å². The summed E-state index contributed by atoms with van der Waals surface area (Å²) >= 11 is 0. The average molecular weight is 370 g/mol. The fraction of sp³-hybridized carbons (Fsp3) is 0.200. The lowest BCUT2D eigenvalue weighted by molar-refractivity contribution is -0.116. The third-order valence-corrected chi connectivity index (χ3v) is 3.94. The molecule has 3 rings (SSSR count). The second kappa shape index (κ2) is 8.35. The van der Waals surface area contributed by atoms with Gasteiger partial charge in [-0.15, -0.1) is 0 Å². The van der Waals surface area contributed by atoms with Crippen molar-refractivity contribution in [1.82, 2.24) is 4.98 Å². The minimum Gasteiger partial charge on any atom is -0.497 e. The molecule has 3 aromatic rings. The van der Waals surface area contributed by atoms with Gasteiger partial charge in [-0.2, -0.15) is 0 Å². The number of hydrogen-bond donors (Lipinski definition) is 1. The van der Waals surface area contributed by atoms with Gasteiger partial charge >= 0.3 is 0 Å². The van der Waals surface area contributed by atoms with Crippen LogP contribution in [0.1, 0.15) is 12.3 Å². The molecule has 0 aliphatic heterocycles. The number of amides is 1. The zero-order chi connectivity index (χ0) is 19.2. The molecule has 2 aromatic carbocycles. The van der Waals surface area contributed by atoms with Gasteiger partial charge in [0.15, 0.2) is 11.7 Å². The molecule has 1 amide bonds. The largest absolute Gasteiger partial charge is 0.497 e. The molecule has 0 aliphatic rings. The molecule has 0 aliphatic carbocycles. The number of halogens is 1. The van der Waals surface area contributed by atoms with E-state index < -0.39 is 0 Å². The molecule has 0 fully saturated rings. The Hall–Kier alpha value is -3.35. The Balaban J connectivity index is 1.61. The van der Waals surface area contributed by atoms with E-state index in [2.05, 4.69) is 10.3 Å². The van der Waals surface area contributed by atoms with Crippen LogP contribution in [0.4, 0.5) is 10.1 Å². The molecule has 6 nitrogen and oxygen atoms in total. The van der Waals surface area contributed by atoms with Crippen LogP contribution in [0.3, 0.4) is 0 Å². The van der Waals surface area contributed by atoms with Crippen LogP contribution < -0.4 is 14.8 Å². The lowest BCUT2D eigenvalue weighted by Crippen LogP contribution is -2.13. The van der Waals surface area contributed by atoms with Gasteiger partial charge in [0, 0.05) is 18.9 Å². The Kier molecular flexibility index (Phi) is 5.71. The monoisotopic (exact) mass is 370 g/mol. The molecule has 0 bridgehead atoms. The standard InChI is InChI=1S/C20H19FN2O4/c1-25-13-7-8-16(17(11-13)26-2)23-19(24)9-10-20-22-12-18(27-20)14-5-3-4-6-15(14)21/h3-8,11-12H,9-10H2,1-2H3,(H,23,24). The Bertz CT molecular complexity index is 939. The zero-order valence-corrected chi connectivity index (χ0v) is 15.0. The van der Waals surface area contributed by atoms with Crippen LogP contribution in [-0.2, 0) is 11.2 Å². The molecule has 1 aromatic heterocycles. The molecule has 0 saturated carbocycles. The van der Waals surface area contributed by atoms with Crippen molar-refractivity contribution < 1.29 is 23.1 Å². The zero-order valence-electron chi connectivity index (χ0n) is 15.0. The van der Waals surface area contributed by atoms with E-state index in [1.54, 1.807) is 43.5 Å². The third-order valence-electron chi connectivity index (χ3n) is 3.94. The maximum absolute atomic E-state index is 13.8. The molecule has 0 saturated heterocycles. The van der Waals surface area contributed by atoms with Gasteiger partial charge in [-0.05, 0) is 24.3 Å². The topological polar surface area (TPSA) is 73.6 Å². The third kappa shape index (κ3) is 4.44. The number of rotatable bonds is 7. The van der Waals surface area contributed by atoms with Crippen molar-refractivity contribution in [3.63, 3.8) is 0 Å². The van der Waals surface area contributed by atoms with Crippen molar-refractivity contribution in [3.8, 4) is 22.8 Å². The van der Waals surface area contributed by atoms with Crippen LogP contribution >= 0.6 is 0 Å². The molecule has 0 radical (unpaired) electrons. The van der Waals surface area contributed by atoms with Crippen LogP contribution in [0, 0.1) is 5.82 Å². The predicted molar refractivity (Wildman–Crippen MR) is 98.4 cm³/mol. The molecular weight excluding hydrogens is 351 g/mol. The maximum Gasteiger partial charge on any atom is 0.224 e. The van der Waals surface area contributed by atoms with Gasteiger partial charge in [-0.3, -0.25) is 4.79 Å². The fourth-order valence-corrected chi connectivity index (χ4v) is 2.55. The predicted octanol–water partition coefficient (Wildman–Crippen LogP) is 4.07. The van der Waals surface area contributed by atoms with Crippen molar-refractivity contribution in [2.24, 2.45) is 0 Å². The van der Waals surface area contributed by atoms with Gasteiger partial charge in [0.25, 0.3) is 0 Å². The quantitative estimate of drug-likeness (QED) is 0.679. The molecule has 27 heavy (non-hydrogen) atoms. The van der Waals surface area contributed by atoms with E-state index >= 15 is 0 Å². The average Bonchev–Trinajstić information content (AvgIpc) is 3.16. The number of nitrogens with one attached hydrogen (secondary N) is 1. The first-order valence-electron chi connectivity index (χ1n) is 8.32. The summed E-state index contributed by atoms with van der Waals surface area (Å²) in [6, 6.07) is 11.4. The molecule has 0 atom stereocenters. The molecular formula is C20H19FN2O4. The lowest BCUT2D eigenvalue weighted by Gasteiger charge is -2.11. The van der Waals surface area contributed by atoms with Crippen LogP contribution in [0.2, 0.25) is 0 Å². The molecule has 1 N–H and O–H groups in total. The minimum absolute atomic E-state index is 0.159. The number of ether oxygens (including phenoxy) is 2. The first-order chi connectivity index (χ1) is 13.1. The van der Waals surface area contributed by atoms with Gasteiger partial charge in [-0.1, -0.05) is 12.1 Å². The van der Waals surface area contributed by atoms with Crippen LogP contribution in [0.15, 0.2) is 53.1 Å². The molecule has 1 heterocycles. The second-order valence-electron chi connectivity index (χ2n) is 5.71. The summed E-state index contributed by atoms with van der Waals surface area (Å²) in [5.74, 6) is 1.23. The van der Waals surface area contributed by atoms with E-state index in [9.17, 15) is 9.18 Å². The van der Waals surface area contributed by atoms with Crippen molar-refractivity contribution >= 4 is 11.6 Å². The maximum atomic E-state index is 13.8. The van der Waals surface area contributed by atoms with Gasteiger partial charge in [-0.25, -0.2) is 9.37 Å². The smallest absolute Gasteiger partial charge is 0.224 e. The van der Waals surface area contributed by atoms with Crippen molar-refractivity contribution in [3.05, 3.63) is 60.4 Å². The van der Waals surface area contributed by atoms with E-state index in [-0.39, 0.29) is 18.1 Å². The molecule has 140 valence electrons. The number of nitrogens with zero attached hydrogens (tertiary/aromatic N) is 1. The van der Waals surface area contributed by atoms with E-state index in [4.69, 9.17) is 13.9 Å². The van der Waals surface area contributed by atoms with Crippen LogP contribution in [0.25, 0.3) is 11.3 Å². The minimum atomic E-state index is -0.385. The number of aryl methyl sites for hydroxylation is 1. The SMILES string of the molecule is COc1ccc(NC(=O)CCc2ncc(-c3ccccc3F)o2)c(OC)c1. The Morgan fingerprint density at radius 2 is 2.00 bits per heavy atom. The van der Waals surface area contributed by atoms with Gasteiger partial charge < -0.3 is 19.2 Å². The summed E-state index contributed by atoms with van der Waals surface area (Å²) in [5.41, 5.74) is 0.881. The second-order valence-corrected chi connectivity index (χ2v) is 5.71. The highest BCUT2D eigenvalue weighted by atomic mass is 19.1. The van der Waals surface area contributed by atoms with Gasteiger partial charge in [0.1, 0.15) is 17.3 Å². The summed E-state index contributed by atoms with van der Waals surface area (Å²) in [5, 5.41) is 2.78. The van der Waals surface area contributed by atoms with Crippen molar-refractivity contribution in [1.29, 1.82) is 0 Å². The van der Waals surface area contributed by atoms with Crippen molar-refractivity contribution in [2.75, 3.05) is 19.5 Å². The number of carbonyl (C=O) groups excluding carboxylic acids is 1. The molecule has 0 unspecified atom stereocenters. The number of oxazole rings is 1. The molecule has 0 spiro atoms. The Morgan fingerprint density at radius 3 is 2.74 bits per heavy atom. The van der Waals surface area contributed by atoms with Crippen LogP contribution in [0.5, 0.6) is 11.5 Å². The summed E-state index contributed by atoms with van der Waals surface area (Å²) < 4.78 is 29.7. The van der Waals surface area contributed by atoms with E-state index in [1.807, 2.05) is 0 Å². The van der Waals surface area contributed by atoms with E-state index in [0.717, 1.165) is 0 Å². The Morgan fingerprint density at radius 1 is 1.19 bits per heavy atom.